The molecule has 2 fully saturated rings. The van der Waals surface area contributed by atoms with Crippen LogP contribution in [0.4, 0.5) is 0 Å². The number of carboxylic acid groups (broad SMARTS) is 1. The van der Waals surface area contributed by atoms with Crippen LogP contribution in [-0.2, 0) is 16.8 Å². The van der Waals surface area contributed by atoms with Crippen LogP contribution in [0.1, 0.15) is 54.7 Å². The highest BCUT2D eigenvalue weighted by Gasteiger charge is 2.43. The van der Waals surface area contributed by atoms with Crippen LogP contribution in [0.2, 0.25) is 5.02 Å². The summed E-state index contributed by atoms with van der Waals surface area (Å²) in [4.78, 5) is 13.1. The van der Waals surface area contributed by atoms with Crippen LogP contribution in [-0.4, -0.2) is 42.2 Å². The van der Waals surface area contributed by atoms with Crippen molar-refractivity contribution in [2.45, 2.75) is 50.0 Å². The molecule has 1 aliphatic carbocycles. The second-order valence-electron chi connectivity index (χ2n) is 9.13. The molecule has 0 amide bonds. The summed E-state index contributed by atoms with van der Waals surface area (Å²) in [6.45, 7) is 3.57. The lowest BCUT2D eigenvalue weighted by molar-refractivity contribution is -0.137. The number of hydrogen-bond acceptors (Lipinski definition) is 4. The molecular weight excluding hydrogens is 414 g/mol. The molecule has 5 nitrogen and oxygen atoms in total. The monoisotopic (exact) mass is 441 g/mol. The van der Waals surface area contributed by atoms with Gasteiger partial charge >= 0.3 is 5.97 Å². The van der Waals surface area contributed by atoms with Crippen molar-refractivity contribution in [3.8, 4) is 11.5 Å². The quantitative estimate of drug-likeness (QED) is 0.655. The van der Waals surface area contributed by atoms with Gasteiger partial charge in [-0.15, -0.1) is 0 Å². The van der Waals surface area contributed by atoms with Crippen LogP contribution in [0.15, 0.2) is 36.4 Å². The van der Waals surface area contributed by atoms with Gasteiger partial charge in [0.2, 0.25) is 0 Å². The summed E-state index contributed by atoms with van der Waals surface area (Å²) in [5, 5.41) is 9.66. The molecule has 5 rings (SSSR count). The first-order valence-electron chi connectivity index (χ1n) is 11.2. The van der Waals surface area contributed by atoms with E-state index in [1.807, 2.05) is 18.2 Å². The number of rotatable bonds is 7. The molecule has 2 aromatic rings. The zero-order valence-corrected chi connectivity index (χ0v) is 18.4. The van der Waals surface area contributed by atoms with Gasteiger partial charge in [-0.25, -0.2) is 0 Å². The first-order chi connectivity index (χ1) is 15.0. The predicted octanol–water partition coefficient (Wildman–Crippen LogP) is 5.00. The van der Waals surface area contributed by atoms with Gasteiger partial charge < -0.3 is 19.5 Å². The number of carboxylic acids is 1. The molecule has 1 saturated carbocycles. The fraction of sp³-hybridized carbons (Fsp3) is 0.480. The van der Waals surface area contributed by atoms with Crippen molar-refractivity contribution >= 4 is 17.6 Å². The van der Waals surface area contributed by atoms with Crippen molar-refractivity contribution in [1.29, 1.82) is 0 Å². The van der Waals surface area contributed by atoms with Gasteiger partial charge in [0.1, 0.15) is 18.1 Å². The highest BCUT2D eigenvalue weighted by molar-refractivity contribution is 6.31. The van der Waals surface area contributed by atoms with Crippen molar-refractivity contribution in [1.82, 2.24) is 4.90 Å². The second-order valence-corrected chi connectivity index (χ2v) is 9.53. The average Bonchev–Trinajstić information content (AvgIpc) is 3.57. The zero-order chi connectivity index (χ0) is 21.4. The first kappa shape index (κ1) is 20.7. The van der Waals surface area contributed by atoms with E-state index in [2.05, 4.69) is 23.1 Å². The molecule has 1 saturated heterocycles. The third-order valence-electron chi connectivity index (χ3n) is 7.00. The van der Waals surface area contributed by atoms with Gasteiger partial charge in [-0.05, 0) is 62.4 Å². The fourth-order valence-corrected chi connectivity index (χ4v) is 5.02. The van der Waals surface area contributed by atoms with E-state index in [1.54, 1.807) is 0 Å². The van der Waals surface area contributed by atoms with E-state index in [-0.39, 0.29) is 11.8 Å². The lowest BCUT2D eigenvalue weighted by Gasteiger charge is -2.38. The third-order valence-corrected chi connectivity index (χ3v) is 7.37. The molecule has 0 bridgehead atoms. The van der Waals surface area contributed by atoms with E-state index >= 15 is 0 Å². The van der Waals surface area contributed by atoms with E-state index in [9.17, 15) is 4.79 Å². The lowest BCUT2D eigenvalue weighted by atomic mass is 9.74. The molecule has 31 heavy (non-hydrogen) atoms. The molecule has 0 unspecified atom stereocenters. The van der Waals surface area contributed by atoms with E-state index in [4.69, 9.17) is 26.2 Å². The molecule has 2 aromatic carbocycles. The Balaban J connectivity index is 1.23. The highest BCUT2D eigenvalue weighted by atomic mass is 35.5. The van der Waals surface area contributed by atoms with Crippen molar-refractivity contribution in [3.63, 3.8) is 0 Å². The van der Waals surface area contributed by atoms with E-state index < -0.39 is 5.97 Å². The first-order valence-corrected chi connectivity index (χ1v) is 11.5. The summed E-state index contributed by atoms with van der Waals surface area (Å²) in [5.74, 6) is 1.66. The normalized spacial score (nSPS) is 19.8. The SMILES string of the molecule is O=C(O)CCN1CCC2(CC1)COc1cc(OCc3cc(C4CC4)ccc3Cl)ccc12. The number of ether oxygens (including phenoxy) is 2. The topological polar surface area (TPSA) is 59.0 Å². The van der Waals surface area contributed by atoms with Crippen LogP contribution >= 0.6 is 11.6 Å². The Morgan fingerprint density at radius 3 is 2.74 bits per heavy atom. The van der Waals surface area contributed by atoms with Crippen LogP contribution in [0.25, 0.3) is 0 Å². The van der Waals surface area contributed by atoms with Gasteiger partial charge in [-0.1, -0.05) is 29.8 Å². The Bertz CT molecular complexity index is 979. The number of aliphatic carboxylic acids is 1. The van der Waals surface area contributed by atoms with Crippen molar-refractivity contribution in [3.05, 3.63) is 58.1 Å². The van der Waals surface area contributed by atoms with Gasteiger partial charge in [0.15, 0.2) is 0 Å². The zero-order valence-electron chi connectivity index (χ0n) is 17.6. The summed E-state index contributed by atoms with van der Waals surface area (Å²) in [5.41, 5.74) is 3.68. The molecule has 0 aromatic heterocycles. The van der Waals surface area contributed by atoms with Crippen LogP contribution in [0.5, 0.6) is 11.5 Å². The number of piperidine rings is 1. The Morgan fingerprint density at radius 1 is 1.19 bits per heavy atom. The molecule has 3 aliphatic rings. The lowest BCUT2D eigenvalue weighted by Crippen LogP contribution is -2.44. The van der Waals surface area contributed by atoms with Crippen molar-refractivity contribution in [2.24, 2.45) is 0 Å². The van der Waals surface area contributed by atoms with Gasteiger partial charge in [0.05, 0.1) is 13.0 Å². The highest BCUT2D eigenvalue weighted by Crippen LogP contribution is 2.47. The standard InChI is InChI=1S/C25H28ClNO4/c26-22-6-3-18(17-1-2-17)13-19(22)15-30-20-4-5-21-23(14-20)31-16-25(21)8-11-27(12-9-25)10-7-24(28)29/h3-6,13-14,17H,1-2,7-12,15-16H2,(H,28,29). The molecule has 0 atom stereocenters. The predicted molar refractivity (Wildman–Crippen MR) is 119 cm³/mol. The Labute approximate surface area is 187 Å². The number of nitrogens with zero attached hydrogens (tertiary/aromatic N) is 1. The molecular formula is C25H28ClNO4. The van der Waals surface area contributed by atoms with Crippen molar-refractivity contribution < 1.29 is 19.4 Å². The van der Waals surface area contributed by atoms with Gasteiger partial charge in [0.25, 0.3) is 0 Å². The van der Waals surface area contributed by atoms with Gasteiger partial charge in [-0.2, -0.15) is 0 Å². The molecule has 164 valence electrons. The molecule has 2 heterocycles. The van der Waals surface area contributed by atoms with E-state index in [0.29, 0.717) is 25.7 Å². The minimum atomic E-state index is -0.733. The van der Waals surface area contributed by atoms with Gasteiger partial charge in [-0.3, -0.25) is 4.79 Å². The minimum Gasteiger partial charge on any atom is -0.492 e. The molecule has 2 aliphatic heterocycles. The number of likely N-dealkylation sites (tertiary alicyclic amines) is 1. The maximum absolute atomic E-state index is 10.8. The maximum atomic E-state index is 10.8. The number of hydrogen-bond donors (Lipinski definition) is 1. The number of halogens is 1. The van der Waals surface area contributed by atoms with Crippen LogP contribution in [0, 0.1) is 0 Å². The summed E-state index contributed by atoms with van der Waals surface area (Å²) >= 11 is 6.39. The van der Waals surface area contributed by atoms with Crippen LogP contribution in [0.3, 0.4) is 0 Å². The fourth-order valence-electron chi connectivity index (χ4n) is 4.85. The maximum Gasteiger partial charge on any atom is 0.304 e. The van der Waals surface area contributed by atoms with E-state index in [1.165, 1.54) is 24.0 Å². The summed E-state index contributed by atoms with van der Waals surface area (Å²) in [6.07, 6.45) is 4.72. The number of benzene rings is 2. The second kappa shape index (κ2) is 8.36. The van der Waals surface area contributed by atoms with E-state index in [0.717, 1.165) is 48.0 Å². The summed E-state index contributed by atoms with van der Waals surface area (Å²) in [7, 11) is 0. The van der Waals surface area contributed by atoms with Crippen LogP contribution < -0.4 is 9.47 Å². The molecule has 1 N–H and O–H groups in total. The van der Waals surface area contributed by atoms with Gasteiger partial charge in [0, 0.05) is 34.2 Å². The number of fused-ring (bicyclic) bond motifs is 2. The summed E-state index contributed by atoms with van der Waals surface area (Å²) < 4.78 is 12.2. The smallest absolute Gasteiger partial charge is 0.304 e. The molecule has 1 spiro atoms. The van der Waals surface area contributed by atoms with Crippen molar-refractivity contribution in [2.75, 3.05) is 26.2 Å². The Morgan fingerprint density at radius 2 is 2.00 bits per heavy atom. The summed E-state index contributed by atoms with van der Waals surface area (Å²) in [6, 6.07) is 12.5. The number of carbonyl (C=O) groups is 1. The minimum absolute atomic E-state index is 0.0372. The Hall–Kier alpha value is -2.24. The molecule has 6 heteroatoms. The largest absolute Gasteiger partial charge is 0.492 e. The average molecular weight is 442 g/mol. The third kappa shape index (κ3) is 4.39. The molecule has 0 radical (unpaired) electrons. The Kier molecular flexibility index (Phi) is 5.57.